The van der Waals surface area contributed by atoms with Crippen molar-refractivity contribution >= 4 is 11.1 Å². The number of fused-ring (bicyclic) bond motifs is 1. The van der Waals surface area contributed by atoms with Crippen molar-refractivity contribution in [3.8, 4) is 17.2 Å². The number of aliphatic hydroxyl groups is 1. The van der Waals surface area contributed by atoms with Crippen LogP contribution in [0.1, 0.15) is 6.92 Å². The number of β-amino-alcohol motifs (C(OH)–C–C–N with tert-alkyl or cyclic N) is 1. The number of nitrogens with zero attached hydrogens (tertiary/aromatic N) is 2. The average molecular weight is 353 g/mol. The fourth-order valence-electron chi connectivity index (χ4n) is 3.24. The summed E-state index contributed by atoms with van der Waals surface area (Å²) in [7, 11) is 0. The molecule has 0 aliphatic carbocycles. The highest BCUT2D eigenvalue weighted by atomic mass is 16.5. The number of oxazole rings is 1. The van der Waals surface area contributed by atoms with E-state index in [1.54, 1.807) is 6.92 Å². The van der Waals surface area contributed by atoms with Crippen LogP contribution in [0.4, 0.5) is 0 Å². The maximum atomic E-state index is 9.57. The van der Waals surface area contributed by atoms with E-state index in [-0.39, 0.29) is 12.3 Å². The molecule has 2 unspecified atom stereocenters. The second-order valence-corrected chi connectivity index (χ2v) is 6.68. The zero-order valence-corrected chi connectivity index (χ0v) is 14.8. The number of aliphatic hydroxyl groups excluding tert-OH is 1. The first-order valence-electron chi connectivity index (χ1n) is 8.94. The van der Waals surface area contributed by atoms with Gasteiger partial charge in [0.15, 0.2) is 11.8 Å². The van der Waals surface area contributed by atoms with Crippen LogP contribution in [0.3, 0.4) is 0 Å². The first-order chi connectivity index (χ1) is 12.7. The van der Waals surface area contributed by atoms with Gasteiger partial charge in [0.1, 0.15) is 11.3 Å². The Hall–Kier alpha value is -2.41. The Morgan fingerprint density at radius 1 is 1.31 bits per heavy atom. The Bertz CT molecular complexity index is 863. The molecular weight excluding hydrogens is 330 g/mol. The van der Waals surface area contributed by atoms with Gasteiger partial charge >= 0.3 is 0 Å². The fraction of sp³-hybridized carbons (Fsp3) is 0.350. The molecule has 1 fully saturated rings. The largest absolute Gasteiger partial charge is 0.474 e. The minimum absolute atomic E-state index is 0.111. The van der Waals surface area contributed by atoms with Crippen molar-refractivity contribution in [3.05, 3.63) is 48.5 Å². The quantitative estimate of drug-likeness (QED) is 0.734. The molecular formula is C20H23N3O3. The molecule has 0 bridgehead atoms. The molecule has 0 saturated carbocycles. The van der Waals surface area contributed by atoms with E-state index in [0.29, 0.717) is 12.4 Å². The Balaban J connectivity index is 1.49. The summed E-state index contributed by atoms with van der Waals surface area (Å²) in [6.07, 6.45) is -0.447. The summed E-state index contributed by atoms with van der Waals surface area (Å²) >= 11 is 0. The molecule has 1 saturated heterocycles. The summed E-state index contributed by atoms with van der Waals surface area (Å²) in [5.41, 5.74) is 2.47. The first-order valence-corrected chi connectivity index (χ1v) is 8.94. The van der Waals surface area contributed by atoms with Crippen molar-refractivity contribution in [3.63, 3.8) is 0 Å². The number of ether oxygens (including phenoxy) is 1. The molecule has 0 amide bonds. The molecule has 3 aromatic rings. The lowest BCUT2D eigenvalue weighted by molar-refractivity contribution is 0.0463. The molecule has 6 nitrogen and oxygen atoms in total. The van der Waals surface area contributed by atoms with Crippen molar-refractivity contribution in [2.45, 2.75) is 19.3 Å². The molecule has 2 heterocycles. The van der Waals surface area contributed by atoms with Crippen molar-refractivity contribution in [2.24, 2.45) is 0 Å². The second kappa shape index (κ2) is 7.45. The van der Waals surface area contributed by atoms with Crippen LogP contribution in [0.5, 0.6) is 5.75 Å². The molecule has 0 radical (unpaired) electrons. The van der Waals surface area contributed by atoms with Gasteiger partial charge in [0, 0.05) is 37.8 Å². The number of benzene rings is 2. The SMILES string of the molecule is CC(O)CN1CCNC(Oc2ccc3oc(-c4ccccc4)nc3c2)C1. The maximum Gasteiger partial charge on any atom is 0.227 e. The zero-order chi connectivity index (χ0) is 17.9. The fourth-order valence-corrected chi connectivity index (χ4v) is 3.24. The van der Waals surface area contributed by atoms with Crippen LogP contribution in [0.15, 0.2) is 52.9 Å². The molecule has 1 aliphatic heterocycles. The smallest absolute Gasteiger partial charge is 0.227 e. The molecule has 4 rings (SSSR count). The predicted octanol–water partition coefficient (Wildman–Crippen LogP) is 2.49. The number of hydrogen-bond acceptors (Lipinski definition) is 6. The van der Waals surface area contributed by atoms with Gasteiger partial charge in [-0.3, -0.25) is 10.2 Å². The Labute approximate surface area is 152 Å². The summed E-state index contributed by atoms with van der Waals surface area (Å²) < 4.78 is 11.9. The topological polar surface area (TPSA) is 70.8 Å². The number of nitrogens with one attached hydrogen (secondary N) is 1. The Morgan fingerprint density at radius 3 is 2.96 bits per heavy atom. The van der Waals surface area contributed by atoms with Crippen molar-refractivity contribution in [1.29, 1.82) is 0 Å². The molecule has 6 heteroatoms. The molecule has 136 valence electrons. The second-order valence-electron chi connectivity index (χ2n) is 6.68. The summed E-state index contributed by atoms with van der Waals surface area (Å²) in [5, 5.41) is 12.9. The third kappa shape index (κ3) is 3.88. The van der Waals surface area contributed by atoms with E-state index in [0.717, 1.165) is 42.0 Å². The van der Waals surface area contributed by atoms with Gasteiger partial charge < -0.3 is 14.3 Å². The van der Waals surface area contributed by atoms with Crippen molar-refractivity contribution in [1.82, 2.24) is 15.2 Å². The average Bonchev–Trinajstić information content (AvgIpc) is 3.06. The van der Waals surface area contributed by atoms with Gasteiger partial charge in [-0.2, -0.15) is 0 Å². The number of hydrogen-bond donors (Lipinski definition) is 2. The molecule has 0 spiro atoms. The standard InChI is InChI=1S/C20H23N3O3/c1-14(24)12-23-10-9-21-19(13-23)25-16-7-8-18-17(11-16)22-20(26-18)15-5-3-2-4-6-15/h2-8,11,14,19,21,24H,9-10,12-13H2,1H3. The minimum atomic E-state index is -0.336. The van der Waals surface area contributed by atoms with Crippen molar-refractivity contribution < 1.29 is 14.3 Å². The van der Waals surface area contributed by atoms with Gasteiger partial charge in [0.25, 0.3) is 0 Å². The van der Waals surface area contributed by atoms with Gasteiger partial charge in [-0.15, -0.1) is 0 Å². The highest BCUT2D eigenvalue weighted by Crippen LogP contribution is 2.27. The molecule has 2 aromatic carbocycles. The van der Waals surface area contributed by atoms with E-state index in [1.807, 2.05) is 48.5 Å². The lowest BCUT2D eigenvalue weighted by Crippen LogP contribution is -2.54. The number of rotatable bonds is 5. The van der Waals surface area contributed by atoms with E-state index >= 15 is 0 Å². The third-order valence-corrected chi connectivity index (χ3v) is 4.40. The minimum Gasteiger partial charge on any atom is -0.474 e. The van der Waals surface area contributed by atoms with E-state index < -0.39 is 0 Å². The number of aromatic nitrogens is 1. The Morgan fingerprint density at radius 2 is 2.15 bits per heavy atom. The van der Waals surface area contributed by atoms with E-state index in [4.69, 9.17) is 9.15 Å². The van der Waals surface area contributed by atoms with Crippen LogP contribution in [0.25, 0.3) is 22.6 Å². The lowest BCUT2D eigenvalue weighted by atomic mass is 10.2. The monoisotopic (exact) mass is 353 g/mol. The molecule has 26 heavy (non-hydrogen) atoms. The highest BCUT2D eigenvalue weighted by Gasteiger charge is 2.21. The van der Waals surface area contributed by atoms with E-state index in [1.165, 1.54) is 0 Å². The van der Waals surface area contributed by atoms with Crippen molar-refractivity contribution in [2.75, 3.05) is 26.2 Å². The van der Waals surface area contributed by atoms with Crippen LogP contribution in [-0.2, 0) is 0 Å². The summed E-state index contributed by atoms with van der Waals surface area (Å²) in [6, 6.07) is 15.5. The summed E-state index contributed by atoms with van der Waals surface area (Å²) in [5.74, 6) is 1.36. The van der Waals surface area contributed by atoms with Crippen LogP contribution in [-0.4, -0.2) is 53.5 Å². The van der Waals surface area contributed by atoms with E-state index in [2.05, 4.69) is 15.2 Å². The summed E-state index contributed by atoms with van der Waals surface area (Å²) in [4.78, 5) is 6.78. The van der Waals surface area contributed by atoms with Gasteiger partial charge in [0.05, 0.1) is 6.10 Å². The number of piperazine rings is 1. The summed E-state index contributed by atoms with van der Waals surface area (Å²) in [6.45, 7) is 4.94. The van der Waals surface area contributed by atoms with Gasteiger partial charge in [-0.25, -0.2) is 4.98 Å². The third-order valence-electron chi connectivity index (χ3n) is 4.40. The highest BCUT2D eigenvalue weighted by molar-refractivity contribution is 5.77. The van der Waals surface area contributed by atoms with Gasteiger partial charge in [-0.05, 0) is 31.2 Å². The first kappa shape index (κ1) is 17.0. The zero-order valence-electron chi connectivity index (χ0n) is 14.8. The molecule has 2 atom stereocenters. The normalized spacial score (nSPS) is 19.5. The van der Waals surface area contributed by atoms with Crippen LogP contribution in [0.2, 0.25) is 0 Å². The van der Waals surface area contributed by atoms with Gasteiger partial charge in [0.2, 0.25) is 5.89 Å². The van der Waals surface area contributed by atoms with Gasteiger partial charge in [-0.1, -0.05) is 18.2 Å². The molecule has 2 N–H and O–H groups in total. The van der Waals surface area contributed by atoms with E-state index in [9.17, 15) is 5.11 Å². The predicted molar refractivity (Wildman–Crippen MR) is 100.0 cm³/mol. The maximum absolute atomic E-state index is 9.57. The molecule has 1 aliphatic rings. The van der Waals surface area contributed by atoms with Crippen LogP contribution >= 0.6 is 0 Å². The molecule has 1 aromatic heterocycles. The Kier molecular flexibility index (Phi) is 4.88. The van der Waals surface area contributed by atoms with Crippen LogP contribution in [0, 0.1) is 0 Å². The van der Waals surface area contributed by atoms with Crippen LogP contribution < -0.4 is 10.1 Å². The lowest BCUT2D eigenvalue weighted by Gasteiger charge is -2.34.